The van der Waals surface area contributed by atoms with Gasteiger partial charge >= 0.3 is 5.97 Å². The zero-order valence-corrected chi connectivity index (χ0v) is 15.0. The van der Waals surface area contributed by atoms with Crippen molar-refractivity contribution < 1.29 is 18.9 Å². The van der Waals surface area contributed by atoms with E-state index in [-0.39, 0.29) is 12.3 Å². The van der Waals surface area contributed by atoms with Crippen molar-refractivity contribution in [2.45, 2.75) is 30.9 Å². The van der Waals surface area contributed by atoms with Gasteiger partial charge in [0.15, 0.2) is 0 Å². The molecule has 132 valence electrons. The van der Waals surface area contributed by atoms with E-state index in [1.165, 1.54) is 13.8 Å². The quantitative estimate of drug-likeness (QED) is 0.793. The zero-order chi connectivity index (χ0) is 18.4. The van der Waals surface area contributed by atoms with Gasteiger partial charge in [-0.2, -0.15) is 0 Å². The van der Waals surface area contributed by atoms with E-state index in [0.29, 0.717) is 11.4 Å². The van der Waals surface area contributed by atoms with Crippen LogP contribution in [0.3, 0.4) is 0 Å². The largest absolute Gasteiger partial charge is 0.481 e. The number of benzene rings is 2. The Balaban J connectivity index is 2.03. The first-order chi connectivity index (χ1) is 11.8. The standard InChI is InChI=1S/C19H21NO4S/c1-19(2,18(22)23)12-17(21)20-15-8-6-7-14(11-15)13-25(24)16-9-4-3-5-10-16/h3-11H,12-13H2,1-2H3,(H,20,21)(H,22,23). The van der Waals surface area contributed by atoms with Crippen LogP contribution in [0.5, 0.6) is 0 Å². The summed E-state index contributed by atoms with van der Waals surface area (Å²) in [4.78, 5) is 23.9. The van der Waals surface area contributed by atoms with Gasteiger partial charge in [-0.15, -0.1) is 0 Å². The zero-order valence-electron chi connectivity index (χ0n) is 14.2. The number of hydrogen-bond acceptors (Lipinski definition) is 3. The van der Waals surface area contributed by atoms with Crippen molar-refractivity contribution in [3.63, 3.8) is 0 Å². The van der Waals surface area contributed by atoms with E-state index in [0.717, 1.165) is 10.5 Å². The summed E-state index contributed by atoms with van der Waals surface area (Å²) >= 11 is 0. The lowest BCUT2D eigenvalue weighted by atomic mass is 9.89. The number of carbonyl (C=O) groups is 2. The SMILES string of the molecule is CC(C)(CC(=O)Nc1cccc(CS(=O)c2ccccc2)c1)C(=O)O. The Morgan fingerprint density at radius 1 is 1.08 bits per heavy atom. The van der Waals surface area contributed by atoms with Gasteiger partial charge in [0.05, 0.1) is 22.0 Å². The Morgan fingerprint density at radius 2 is 1.76 bits per heavy atom. The van der Waals surface area contributed by atoms with Crippen molar-refractivity contribution in [1.82, 2.24) is 0 Å². The van der Waals surface area contributed by atoms with Gasteiger partial charge in [0.1, 0.15) is 0 Å². The molecule has 2 rings (SSSR count). The van der Waals surface area contributed by atoms with E-state index in [9.17, 15) is 13.8 Å². The molecule has 0 aliphatic rings. The Hall–Kier alpha value is -2.47. The number of nitrogens with one attached hydrogen (secondary N) is 1. The van der Waals surface area contributed by atoms with E-state index in [1.807, 2.05) is 36.4 Å². The van der Waals surface area contributed by atoms with Crippen LogP contribution in [0.1, 0.15) is 25.8 Å². The number of amides is 1. The number of carboxylic acid groups (broad SMARTS) is 1. The van der Waals surface area contributed by atoms with Gasteiger partial charge in [0, 0.05) is 17.0 Å². The van der Waals surface area contributed by atoms with Crippen LogP contribution in [0.4, 0.5) is 5.69 Å². The molecular weight excluding hydrogens is 338 g/mol. The fourth-order valence-electron chi connectivity index (χ4n) is 2.23. The second kappa shape index (κ2) is 8.07. The lowest BCUT2D eigenvalue weighted by Crippen LogP contribution is -2.29. The summed E-state index contributed by atoms with van der Waals surface area (Å²) in [6, 6.07) is 16.3. The molecule has 1 unspecified atom stereocenters. The van der Waals surface area contributed by atoms with Crippen molar-refractivity contribution in [3.8, 4) is 0 Å². The monoisotopic (exact) mass is 359 g/mol. The minimum absolute atomic E-state index is 0.123. The molecule has 0 saturated carbocycles. The van der Waals surface area contributed by atoms with E-state index in [2.05, 4.69) is 5.32 Å². The Labute approximate surface area is 149 Å². The number of carbonyl (C=O) groups excluding carboxylic acids is 1. The van der Waals surface area contributed by atoms with E-state index in [1.54, 1.807) is 18.2 Å². The maximum Gasteiger partial charge on any atom is 0.309 e. The molecule has 0 radical (unpaired) electrons. The third-order valence-corrected chi connectivity index (χ3v) is 5.09. The number of anilines is 1. The van der Waals surface area contributed by atoms with Crippen LogP contribution in [0.2, 0.25) is 0 Å². The Bertz CT molecular complexity index is 787. The summed E-state index contributed by atoms with van der Waals surface area (Å²) in [5.41, 5.74) is 0.266. The van der Waals surface area contributed by atoms with Crippen LogP contribution in [-0.4, -0.2) is 21.2 Å². The molecule has 2 N–H and O–H groups in total. The van der Waals surface area contributed by atoms with Crippen molar-refractivity contribution in [3.05, 3.63) is 60.2 Å². The fraction of sp³-hybridized carbons (Fsp3) is 0.263. The van der Waals surface area contributed by atoms with Crippen LogP contribution < -0.4 is 5.32 Å². The molecule has 2 aromatic carbocycles. The lowest BCUT2D eigenvalue weighted by Gasteiger charge is -2.18. The minimum Gasteiger partial charge on any atom is -0.481 e. The summed E-state index contributed by atoms with van der Waals surface area (Å²) in [5.74, 6) is -1.04. The highest BCUT2D eigenvalue weighted by Crippen LogP contribution is 2.22. The molecule has 1 atom stereocenters. The summed E-state index contributed by atoms with van der Waals surface area (Å²) in [7, 11) is -1.17. The van der Waals surface area contributed by atoms with E-state index < -0.39 is 22.2 Å². The first-order valence-corrected chi connectivity index (χ1v) is 9.15. The molecule has 0 spiro atoms. The predicted octanol–water partition coefficient (Wildman–Crippen LogP) is 3.43. The maximum absolute atomic E-state index is 12.4. The first-order valence-electron chi connectivity index (χ1n) is 7.83. The molecule has 6 heteroatoms. The van der Waals surface area contributed by atoms with Gasteiger partial charge in [0.2, 0.25) is 5.91 Å². The first kappa shape index (κ1) is 18.9. The molecule has 0 bridgehead atoms. The van der Waals surface area contributed by atoms with Gasteiger partial charge < -0.3 is 10.4 Å². The number of aliphatic carboxylic acids is 1. The summed E-state index contributed by atoms with van der Waals surface area (Å²) in [6.07, 6.45) is -0.123. The summed E-state index contributed by atoms with van der Waals surface area (Å²) < 4.78 is 12.4. The molecule has 25 heavy (non-hydrogen) atoms. The highest BCUT2D eigenvalue weighted by atomic mass is 32.2. The molecule has 1 amide bonds. The molecule has 5 nitrogen and oxygen atoms in total. The molecule has 0 aliphatic heterocycles. The fourth-order valence-corrected chi connectivity index (χ4v) is 3.34. The number of carboxylic acids is 1. The summed E-state index contributed by atoms with van der Waals surface area (Å²) in [6.45, 7) is 3.02. The number of hydrogen-bond donors (Lipinski definition) is 2. The minimum atomic E-state index is -1.17. The second-order valence-corrected chi connectivity index (χ2v) is 7.87. The Morgan fingerprint density at radius 3 is 2.40 bits per heavy atom. The van der Waals surface area contributed by atoms with Gasteiger partial charge in [0.25, 0.3) is 0 Å². The average Bonchev–Trinajstić information content (AvgIpc) is 2.55. The smallest absolute Gasteiger partial charge is 0.309 e. The molecule has 0 heterocycles. The maximum atomic E-state index is 12.4. The normalized spacial score (nSPS) is 12.4. The van der Waals surface area contributed by atoms with Gasteiger partial charge in [-0.3, -0.25) is 13.8 Å². The van der Waals surface area contributed by atoms with Crippen molar-refractivity contribution in [2.75, 3.05) is 5.32 Å². The second-order valence-electron chi connectivity index (χ2n) is 6.42. The predicted molar refractivity (Wildman–Crippen MR) is 97.7 cm³/mol. The van der Waals surface area contributed by atoms with Crippen molar-refractivity contribution >= 4 is 28.4 Å². The van der Waals surface area contributed by atoms with Crippen LogP contribution in [0.15, 0.2) is 59.5 Å². The molecular formula is C19H21NO4S. The van der Waals surface area contributed by atoms with Gasteiger partial charge in [-0.25, -0.2) is 0 Å². The van der Waals surface area contributed by atoms with Gasteiger partial charge in [-0.1, -0.05) is 30.3 Å². The van der Waals surface area contributed by atoms with Crippen molar-refractivity contribution in [1.29, 1.82) is 0 Å². The van der Waals surface area contributed by atoms with Crippen LogP contribution >= 0.6 is 0 Å². The van der Waals surface area contributed by atoms with Crippen LogP contribution in [0.25, 0.3) is 0 Å². The molecule has 0 fully saturated rings. The lowest BCUT2D eigenvalue weighted by molar-refractivity contribution is -0.148. The molecule has 0 saturated heterocycles. The van der Waals surface area contributed by atoms with Gasteiger partial charge in [-0.05, 0) is 43.7 Å². The van der Waals surface area contributed by atoms with E-state index >= 15 is 0 Å². The van der Waals surface area contributed by atoms with E-state index in [4.69, 9.17) is 5.11 Å². The average molecular weight is 359 g/mol. The molecule has 0 aliphatic carbocycles. The topological polar surface area (TPSA) is 83.5 Å². The highest BCUT2D eigenvalue weighted by molar-refractivity contribution is 7.84. The Kier molecular flexibility index (Phi) is 6.09. The molecule has 0 aromatic heterocycles. The van der Waals surface area contributed by atoms with Crippen molar-refractivity contribution in [2.24, 2.45) is 5.41 Å². The number of rotatable bonds is 7. The summed E-state index contributed by atoms with van der Waals surface area (Å²) in [5, 5.41) is 11.8. The molecule has 2 aromatic rings. The highest BCUT2D eigenvalue weighted by Gasteiger charge is 2.30. The third kappa shape index (κ3) is 5.53. The third-order valence-electron chi connectivity index (χ3n) is 3.70. The van der Waals surface area contributed by atoms with Crippen LogP contribution in [-0.2, 0) is 26.1 Å². The van der Waals surface area contributed by atoms with Crippen LogP contribution in [0, 0.1) is 5.41 Å².